The first-order valence-corrected chi connectivity index (χ1v) is 18.8. The number of hydrogen-bond acceptors (Lipinski definition) is 5. The molecule has 0 saturated heterocycles. The molecule has 1 aliphatic rings. The Morgan fingerprint density at radius 1 is 0.792 bits per heavy atom. The summed E-state index contributed by atoms with van der Waals surface area (Å²) in [7, 11) is 0. The number of carbonyl (C=O) groups excluding carboxylic acids is 2. The highest BCUT2D eigenvalue weighted by molar-refractivity contribution is 5.90. The largest absolute Gasteiger partial charge is 0.337 e. The van der Waals surface area contributed by atoms with Crippen molar-refractivity contribution in [1.29, 1.82) is 5.26 Å². The van der Waals surface area contributed by atoms with Gasteiger partial charge in [0.1, 0.15) is 0 Å². The summed E-state index contributed by atoms with van der Waals surface area (Å²) in [6.07, 6.45) is 9.87. The number of carbonyl (C=O) groups is 2. The average Bonchev–Trinajstić information content (AvgIpc) is 3.65. The molecule has 4 unspecified atom stereocenters. The van der Waals surface area contributed by atoms with Gasteiger partial charge in [-0.05, 0) is 91.0 Å². The summed E-state index contributed by atoms with van der Waals surface area (Å²) in [5.74, 6) is 1.27. The van der Waals surface area contributed by atoms with Gasteiger partial charge in [-0.25, -0.2) is 9.59 Å². The van der Waals surface area contributed by atoms with Gasteiger partial charge in [-0.3, -0.25) is 10.1 Å². The van der Waals surface area contributed by atoms with Gasteiger partial charge in [0.2, 0.25) is 0 Å². The molecular formula is C43H50N6O4. The van der Waals surface area contributed by atoms with Crippen molar-refractivity contribution in [2.45, 2.75) is 82.5 Å². The number of urea groups is 2. The Hall–Kier alpha value is -5.69. The van der Waals surface area contributed by atoms with Crippen molar-refractivity contribution >= 4 is 29.1 Å². The fraction of sp³-hybridized carbons (Fsp3) is 0.372. The molecule has 1 fully saturated rings. The molecule has 4 aromatic rings. The maximum atomic E-state index is 12.9. The second kappa shape index (κ2) is 19.8. The molecule has 5 rings (SSSR count). The highest BCUT2D eigenvalue weighted by Gasteiger charge is 2.29. The van der Waals surface area contributed by atoms with Gasteiger partial charge < -0.3 is 21.3 Å². The van der Waals surface area contributed by atoms with E-state index >= 15 is 0 Å². The van der Waals surface area contributed by atoms with Gasteiger partial charge in [-0.2, -0.15) is 5.26 Å². The summed E-state index contributed by atoms with van der Waals surface area (Å²) in [5.41, 5.74) is 5.34. The van der Waals surface area contributed by atoms with Gasteiger partial charge in [-0.1, -0.05) is 93.3 Å². The van der Waals surface area contributed by atoms with E-state index in [0.717, 1.165) is 38.5 Å². The van der Waals surface area contributed by atoms with Crippen LogP contribution in [0.2, 0.25) is 0 Å². The van der Waals surface area contributed by atoms with Crippen molar-refractivity contribution in [2.75, 3.05) is 23.7 Å². The van der Waals surface area contributed by atoms with Gasteiger partial charge in [-0.15, -0.1) is 0 Å². The summed E-state index contributed by atoms with van der Waals surface area (Å²) in [6, 6.07) is 33.5. The SMILES string of the molecule is CCCCCCC(CNC(=O)Nc1cccc(C#N)c1)c1cccc(C2CCC(CC(CNC(=O)Nc3ccc([N+](=O)[O-])cc3)c3ccccc3)C2)c1. The van der Waals surface area contributed by atoms with Crippen LogP contribution in [-0.2, 0) is 0 Å². The molecule has 1 aliphatic carbocycles. The average molecular weight is 715 g/mol. The number of nitro benzene ring substituents is 1. The minimum absolute atomic E-state index is 0.0261. The van der Waals surface area contributed by atoms with Crippen molar-refractivity contribution in [3.8, 4) is 6.07 Å². The third-order valence-corrected chi connectivity index (χ3v) is 10.3. The lowest BCUT2D eigenvalue weighted by Gasteiger charge is -2.23. The van der Waals surface area contributed by atoms with E-state index in [2.05, 4.69) is 70.7 Å². The first kappa shape index (κ1) is 38.5. The first-order chi connectivity index (χ1) is 25.8. The quantitative estimate of drug-likeness (QED) is 0.0488. The van der Waals surface area contributed by atoms with Crippen molar-refractivity contribution in [3.63, 3.8) is 0 Å². The molecule has 10 heteroatoms. The van der Waals surface area contributed by atoms with Gasteiger partial charge in [0.15, 0.2) is 0 Å². The number of unbranched alkanes of at least 4 members (excludes halogenated alkanes) is 3. The van der Waals surface area contributed by atoms with Gasteiger partial charge in [0.05, 0.1) is 16.6 Å². The molecule has 4 aromatic carbocycles. The minimum Gasteiger partial charge on any atom is -0.337 e. The van der Waals surface area contributed by atoms with Crippen molar-refractivity contribution < 1.29 is 14.5 Å². The van der Waals surface area contributed by atoms with Crippen LogP contribution in [0.1, 0.15) is 105 Å². The summed E-state index contributed by atoms with van der Waals surface area (Å²) in [6.45, 7) is 3.21. The minimum atomic E-state index is -0.465. The molecule has 0 spiro atoms. The van der Waals surface area contributed by atoms with E-state index in [1.165, 1.54) is 60.2 Å². The summed E-state index contributed by atoms with van der Waals surface area (Å²) >= 11 is 0. The number of benzene rings is 4. The fourth-order valence-corrected chi connectivity index (χ4v) is 7.44. The van der Waals surface area contributed by atoms with Crippen LogP contribution < -0.4 is 21.3 Å². The second-order valence-electron chi connectivity index (χ2n) is 14.1. The Kier molecular flexibility index (Phi) is 14.4. The predicted octanol–water partition coefficient (Wildman–Crippen LogP) is 10.2. The number of rotatable bonds is 17. The molecule has 53 heavy (non-hydrogen) atoms. The summed E-state index contributed by atoms with van der Waals surface area (Å²) in [5, 5.41) is 32.0. The topological polar surface area (TPSA) is 149 Å². The number of hydrogen-bond donors (Lipinski definition) is 4. The number of nitriles is 1. The maximum Gasteiger partial charge on any atom is 0.319 e. The lowest BCUT2D eigenvalue weighted by molar-refractivity contribution is -0.384. The van der Waals surface area contributed by atoms with E-state index in [4.69, 9.17) is 0 Å². The highest BCUT2D eigenvalue weighted by Crippen LogP contribution is 2.43. The van der Waals surface area contributed by atoms with Crippen LogP contribution in [0.5, 0.6) is 0 Å². The molecular weight excluding hydrogens is 665 g/mol. The standard InChI is InChI=1S/C43H50N6O4/c1-2-3-4-6-14-37(29-45-43(51)48-40-17-9-11-32(26-40)28-44)35-16-10-15-34(27-35)36-19-18-31(24-36)25-38(33-12-7-5-8-13-33)30-46-42(50)47-39-20-22-41(23-21-39)49(52)53/h5,7-13,15-17,20-23,26-27,31,36-38H,2-4,6,14,18-19,24-25,29-30H2,1H3,(H2,45,48,51)(H2,46,47,50). The molecule has 0 radical (unpaired) electrons. The maximum absolute atomic E-state index is 12.9. The zero-order chi connectivity index (χ0) is 37.4. The Morgan fingerprint density at radius 2 is 1.49 bits per heavy atom. The Balaban J connectivity index is 1.19. The molecule has 0 heterocycles. The Labute approximate surface area is 312 Å². The second-order valence-corrected chi connectivity index (χ2v) is 14.1. The molecule has 1 saturated carbocycles. The van der Waals surface area contributed by atoms with E-state index in [1.54, 1.807) is 24.3 Å². The number of anilines is 2. The first-order valence-electron chi connectivity index (χ1n) is 18.8. The van der Waals surface area contributed by atoms with Gasteiger partial charge in [0, 0.05) is 48.4 Å². The van der Waals surface area contributed by atoms with Gasteiger partial charge >= 0.3 is 12.1 Å². The molecule has 4 N–H and O–H groups in total. The smallest absolute Gasteiger partial charge is 0.319 e. The van der Waals surface area contributed by atoms with Crippen molar-refractivity contribution in [1.82, 2.24) is 10.6 Å². The third kappa shape index (κ3) is 11.9. The lowest BCUT2D eigenvalue weighted by atomic mass is 9.85. The van der Waals surface area contributed by atoms with Crippen molar-refractivity contribution in [2.24, 2.45) is 5.92 Å². The number of amides is 4. The predicted molar refractivity (Wildman–Crippen MR) is 210 cm³/mol. The molecule has 10 nitrogen and oxygen atoms in total. The zero-order valence-corrected chi connectivity index (χ0v) is 30.4. The number of non-ortho nitro benzene ring substituents is 1. The van der Waals surface area contributed by atoms with E-state index in [9.17, 15) is 25.0 Å². The van der Waals surface area contributed by atoms with E-state index < -0.39 is 4.92 Å². The van der Waals surface area contributed by atoms with Crippen LogP contribution in [0, 0.1) is 27.4 Å². The van der Waals surface area contributed by atoms with Crippen LogP contribution in [0.3, 0.4) is 0 Å². The normalized spacial score (nSPS) is 16.2. The summed E-state index contributed by atoms with van der Waals surface area (Å²) in [4.78, 5) is 36.2. The molecule has 4 atom stereocenters. The van der Waals surface area contributed by atoms with Crippen LogP contribution in [0.15, 0.2) is 103 Å². The fourth-order valence-electron chi connectivity index (χ4n) is 7.44. The number of nitro groups is 1. The highest BCUT2D eigenvalue weighted by atomic mass is 16.6. The molecule has 276 valence electrons. The Bertz CT molecular complexity index is 1840. The van der Waals surface area contributed by atoms with Crippen LogP contribution in [0.25, 0.3) is 0 Å². The van der Waals surface area contributed by atoms with Crippen LogP contribution in [-0.4, -0.2) is 30.1 Å². The van der Waals surface area contributed by atoms with Crippen molar-refractivity contribution in [3.05, 3.63) is 135 Å². The summed E-state index contributed by atoms with van der Waals surface area (Å²) < 4.78 is 0. The van der Waals surface area contributed by atoms with E-state index in [-0.39, 0.29) is 29.6 Å². The van der Waals surface area contributed by atoms with E-state index in [0.29, 0.717) is 41.9 Å². The molecule has 0 bridgehead atoms. The number of nitrogens with one attached hydrogen (secondary N) is 4. The molecule has 4 amide bonds. The van der Waals surface area contributed by atoms with Crippen LogP contribution in [0.4, 0.5) is 26.7 Å². The van der Waals surface area contributed by atoms with Gasteiger partial charge in [0.25, 0.3) is 5.69 Å². The molecule has 0 aliphatic heterocycles. The number of nitrogens with zero attached hydrogens (tertiary/aromatic N) is 2. The third-order valence-electron chi connectivity index (χ3n) is 10.3. The lowest BCUT2D eigenvalue weighted by Crippen LogP contribution is -2.33. The monoisotopic (exact) mass is 714 g/mol. The van der Waals surface area contributed by atoms with E-state index in [1.807, 2.05) is 18.2 Å². The zero-order valence-electron chi connectivity index (χ0n) is 30.4. The Morgan fingerprint density at radius 3 is 2.21 bits per heavy atom. The van der Waals surface area contributed by atoms with Crippen LogP contribution >= 0.6 is 0 Å². The molecule has 0 aromatic heterocycles.